The molecule has 2 aromatic carbocycles. The molecule has 1 N–H and O–H groups in total. The second-order valence-corrected chi connectivity index (χ2v) is 9.93. The summed E-state index contributed by atoms with van der Waals surface area (Å²) in [6.07, 6.45) is 0. The van der Waals surface area contributed by atoms with Gasteiger partial charge in [0.25, 0.3) is 0 Å². The van der Waals surface area contributed by atoms with Crippen LogP contribution in [-0.4, -0.2) is 55.6 Å². The summed E-state index contributed by atoms with van der Waals surface area (Å²) in [6, 6.07) is 11.0. The van der Waals surface area contributed by atoms with Crippen LogP contribution in [0.15, 0.2) is 47.4 Å². The molecule has 0 fully saturated rings. The molecule has 0 aliphatic heterocycles. The molecule has 0 saturated carbocycles. The predicted octanol–water partition coefficient (Wildman–Crippen LogP) is 4.13. The summed E-state index contributed by atoms with van der Waals surface area (Å²) in [6.45, 7) is -0.0754. The minimum absolute atomic E-state index is 0.0172. The lowest BCUT2D eigenvalue weighted by molar-refractivity contribution is 0.306. The van der Waals surface area contributed by atoms with Gasteiger partial charge in [-0.05, 0) is 36.4 Å². The van der Waals surface area contributed by atoms with Crippen LogP contribution in [-0.2, 0) is 10.0 Å². The molecule has 4 rings (SSSR count). The van der Waals surface area contributed by atoms with Gasteiger partial charge in [-0.2, -0.15) is 4.52 Å². The Morgan fingerprint density at radius 3 is 2.46 bits per heavy atom. The van der Waals surface area contributed by atoms with Crippen molar-refractivity contribution in [3.8, 4) is 28.8 Å². The zero-order valence-corrected chi connectivity index (χ0v) is 21.4. The Morgan fingerprint density at radius 2 is 1.71 bits per heavy atom. The van der Waals surface area contributed by atoms with Crippen molar-refractivity contribution >= 4 is 50.5 Å². The van der Waals surface area contributed by atoms with Gasteiger partial charge in [-0.15, -0.1) is 15.3 Å². The number of nitrogens with zero attached hydrogens (tertiary/aromatic N) is 4. The van der Waals surface area contributed by atoms with Crippen molar-refractivity contribution in [3.05, 3.63) is 57.5 Å². The standard InChI is InChI=1S/C21H18Cl3N5O5S/c1-32-12-3-4-17(33-2)13(9-12)21-27-26-19-5-6-20(28-29(19)21)34-8-7-25-35(30,31)18-11-15(23)14(22)10-16(18)24/h3-6,9-11,25H,7-8H2,1-2H3. The minimum atomic E-state index is -3.94. The number of benzene rings is 2. The van der Waals surface area contributed by atoms with E-state index in [2.05, 4.69) is 20.0 Å². The molecule has 0 atom stereocenters. The first kappa shape index (κ1) is 25.3. The number of ether oxygens (including phenoxy) is 3. The molecule has 4 aromatic rings. The van der Waals surface area contributed by atoms with Crippen molar-refractivity contribution in [2.24, 2.45) is 0 Å². The molecule has 35 heavy (non-hydrogen) atoms. The van der Waals surface area contributed by atoms with Gasteiger partial charge in [0.15, 0.2) is 11.5 Å². The number of hydrogen-bond acceptors (Lipinski definition) is 8. The van der Waals surface area contributed by atoms with E-state index in [1.807, 2.05) is 0 Å². The van der Waals surface area contributed by atoms with E-state index in [1.165, 1.54) is 16.6 Å². The van der Waals surface area contributed by atoms with E-state index in [9.17, 15) is 8.42 Å². The lowest BCUT2D eigenvalue weighted by Gasteiger charge is -2.11. The summed E-state index contributed by atoms with van der Waals surface area (Å²) in [5.74, 6) is 1.81. The third-order valence-corrected chi connectivity index (χ3v) is 7.44. The summed E-state index contributed by atoms with van der Waals surface area (Å²) in [7, 11) is -0.843. The second kappa shape index (κ2) is 10.4. The highest BCUT2D eigenvalue weighted by Gasteiger charge is 2.20. The Hall–Kier alpha value is -2.83. The van der Waals surface area contributed by atoms with Crippen molar-refractivity contribution in [2.75, 3.05) is 27.4 Å². The Labute approximate surface area is 215 Å². The molecule has 0 spiro atoms. The van der Waals surface area contributed by atoms with E-state index in [1.54, 1.807) is 44.6 Å². The fraction of sp³-hybridized carbons (Fsp3) is 0.190. The number of rotatable bonds is 9. The number of aromatic nitrogens is 4. The second-order valence-electron chi connectivity index (χ2n) is 6.97. The molecule has 10 nitrogen and oxygen atoms in total. The molecule has 14 heteroatoms. The summed E-state index contributed by atoms with van der Waals surface area (Å²) >= 11 is 17.8. The van der Waals surface area contributed by atoms with Gasteiger partial charge in [-0.25, -0.2) is 13.1 Å². The highest BCUT2D eigenvalue weighted by atomic mass is 35.5. The third-order valence-electron chi connectivity index (χ3n) is 4.79. The molecule has 0 amide bonds. The van der Waals surface area contributed by atoms with Gasteiger partial charge in [0, 0.05) is 12.6 Å². The van der Waals surface area contributed by atoms with Crippen LogP contribution >= 0.6 is 34.8 Å². The molecule has 0 unspecified atom stereocenters. The molecule has 184 valence electrons. The number of halogens is 3. The normalized spacial score (nSPS) is 11.6. The van der Waals surface area contributed by atoms with Crippen LogP contribution in [0.4, 0.5) is 0 Å². The van der Waals surface area contributed by atoms with Crippen LogP contribution in [0.5, 0.6) is 17.4 Å². The molecular weight excluding hydrogens is 541 g/mol. The molecule has 0 aliphatic rings. The number of sulfonamides is 1. The summed E-state index contributed by atoms with van der Waals surface area (Å²) < 4.78 is 45.4. The van der Waals surface area contributed by atoms with E-state index in [0.29, 0.717) is 28.5 Å². The van der Waals surface area contributed by atoms with Crippen LogP contribution < -0.4 is 18.9 Å². The molecule has 0 bridgehead atoms. The molecule has 0 radical (unpaired) electrons. The van der Waals surface area contributed by atoms with E-state index < -0.39 is 10.0 Å². The Kier molecular flexibility index (Phi) is 7.53. The van der Waals surface area contributed by atoms with Gasteiger partial charge < -0.3 is 14.2 Å². The van der Waals surface area contributed by atoms with Crippen LogP contribution in [0.1, 0.15) is 0 Å². The molecule has 0 saturated heterocycles. The number of hydrogen-bond donors (Lipinski definition) is 1. The lowest BCUT2D eigenvalue weighted by atomic mass is 10.2. The highest BCUT2D eigenvalue weighted by molar-refractivity contribution is 7.89. The lowest BCUT2D eigenvalue weighted by Crippen LogP contribution is -2.28. The van der Waals surface area contributed by atoms with Gasteiger partial charge in [0.1, 0.15) is 23.0 Å². The smallest absolute Gasteiger partial charge is 0.242 e. The van der Waals surface area contributed by atoms with Gasteiger partial charge in [0.2, 0.25) is 15.9 Å². The highest BCUT2D eigenvalue weighted by Crippen LogP contribution is 2.33. The molecule has 0 aliphatic carbocycles. The van der Waals surface area contributed by atoms with E-state index >= 15 is 0 Å². The van der Waals surface area contributed by atoms with Gasteiger partial charge >= 0.3 is 0 Å². The number of methoxy groups -OCH3 is 2. The van der Waals surface area contributed by atoms with Crippen LogP contribution in [0.25, 0.3) is 17.0 Å². The Balaban J connectivity index is 1.49. The maximum atomic E-state index is 12.6. The number of fused-ring (bicyclic) bond motifs is 1. The topological polar surface area (TPSA) is 117 Å². The van der Waals surface area contributed by atoms with Gasteiger partial charge in [0.05, 0.1) is 34.9 Å². The number of nitrogens with one attached hydrogen (secondary N) is 1. The first-order valence-corrected chi connectivity index (χ1v) is 12.6. The van der Waals surface area contributed by atoms with Crippen LogP contribution in [0.3, 0.4) is 0 Å². The van der Waals surface area contributed by atoms with Crippen molar-refractivity contribution in [1.82, 2.24) is 24.5 Å². The van der Waals surface area contributed by atoms with Crippen molar-refractivity contribution in [1.29, 1.82) is 0 Å². The van der Waals surface area contributed by atoms with E-state index in [0.717, 1.165) is 0 Å². The average Bonchev–Trinajstić information content (AvgIpc) is 3.26. The average molecular weight is 559 g/mol. The largest absolute Gasteiger partial charge is 0.497 e. The van der Waals surface area contributed by atoms with Gasteiger partial charge in [-0.3, -0.25) is 0 Å². The summed E-state index contributed by atoms with van der Waals surface area (Å²) in [4.78, 5) is -0.186. The maximum absolute atomic E-state index is 12.6. The van der Waals surface area contributed by atoms with Crippen molar-refractivity contribution < 1.29 is 22.6 Å². The minimum Gasteiger partial charge on any atom is -0.497 e. The first-order chi connectivity index (χ1) is 16.7. The molecular formula is C21H18Cl3N5O5S. The van der Waals surface area contributed by atoms with Crippen molar-refractivity contribution in [3.63, 3.8) is 0 Å². The SMILES string of the molecule is COc1ccc(OC)c(-c2nnc3ccc(OCCNS(=O)(=O)c4cc(Cl)c(Cl)cc4Cl)nn23)c1. The third kappa shape index (κ3) is 5.39. The predicted molar refractivity (Wildman–Crippen MR) is 131 cm³/mol. The Bertz CT molecular complexity index is 1500. The summed E-state index contributed by atoms with van der Waals surface area (Å²) in [5.41, 5.74) is 1.10. The Morgan fingerprint density at radius 1 is 0.943 bits per heavy atom. The van der Waals surface area contributed by atoms with Gasteiger partial charge in [-0.1, -0.05) is 34.8 Å². The first-order valence-electron chi connectivity index (χ1n) is 9.95. The maximum Gasteiger partial charge on any atom is 0.242 e. The van der Waals surface area contributed by atoms with E-state index in [4.69, 9.17) is 49.0 Å². The molecule has 2 aromatic heterocycles. The fourth-order valence-corrected chi connectivity index (χ4v) is 5.14. The van der Waals surface area contributed by atoms with Crippen LogP contribution in [0, 0.1) is 0 Å². The fourth-order valence-electron chi connectivity index (χ4n) is 3.13. The zero-order valence-electron chi connectivity index (χ0n) is 18.3. The zero-order chi connectivity index (χ0) is 25.2. The monoisotopic (exact) mass is 557 g/mol. The van der Waals surface area contributed by atoms with E-state index in [-0.39, 0.29) is 39.0 Å². The van der Waals surface area contributed by atoms with Crippen LogP contribution in [0.2, 0.25) is 15.1 Å². The van der Waals surface area contributed by atoms with Crippen molar-refractivity contribution in [2.45, 2.75) is 4.90 Å². The molecule has 2 heterocycles. The summed E-state index contributed by atoms with van der Waals surface area (Å²) in [5, 5.41) is 12.9. The quantitative estimate of drug-likeness (QED) is 0.241.